The molecule has 2 aliphatic carbocycles. The Morgan fingerprint density at radius 3 is 1.85 bits per heavy atom. The standard InChI is InChI=1S/2C15H17ClN2O2/c1-15(2,3)20-14(19)18-12-6-9-4-11(16)5-10(8-17)13(9)7-12;1-15(2,3)18(14(19)20)12-6-9-4-11(16)5-10(8-17)13(9)7-12/h4-5,12H,6-7H2,1-3H3,(H,18,19);4-5,12H,6-7H2,1-3H3,(H,19,20)/t12-;/m0./s1. The molecular weight excluding hydrogens is 551 g/mol. The third-order valence-corrected chi connectivity index (χ3v) is 7.12. The summed E-state index contributed by atoms with van der Waals surface area (Å²) in [5.74, 6) is 0. The van der Waals surface area contributed by atoms with Gasteiger partial charge in [0.05, 0.1) is 23.3 Å². The first kappa shape index (κ1) is 31.1. The Hall–Kier alpha value is -3.46. The first-order valence-electron chi connectivity index (χ1n) is 13.0. The van der Waals surface area contributed by atoms with Crippen molar-refractivity contribution in [2.75, 3.05) is 0 Å². The molecule has 0 saturated carbocycles. The molecule has 0 heterocycles. The summed E-state index contributed by atoms with van der Waals surface area (Å²) < 4.78 is 5.24. The number of nitrogens with one attached hydrogen (secondary N) is 1. The number of ether oxygens (including phenoxy) is 1. The van der Waals surface area contributed by atoms with Crippen molar-refractivity contribution in [1.82, 2.24) is 10.2 Å². The van der Waals surface area contributed by atoms with E-state index >= 15 is 0 Å². The second-order valence-corrected chi connectivity index (χ2v) is 12.9. The molecule has 4 rings (SSSR count). The number of alkyl carbamates (subject to hydrolysis) is 1. The highest BCUT2D eigenvalue weighted by molar-refractivity contribution is 6.31. The summed E-state index contributed by atoms with van der Waals surface area (Å²) in [6.07, 6.45) is 1.12. The number of nitrogens with zero attached hydrogens (tertiary/aromatic N) is 3. The van der Waals surface area contributed by atoms with Crippen molar-refractivity contribution in [3.63, 3.8) is 0 Å². The summed E-state index contributed by atoms with van der Waals surface area (Å²) >= 11 is 12.0. The smallest absolute Gasteiger partial charge is 0.408 e. The van der Waals surface area contributed by atoms with Crippen molar-refractivity contribution in [1.29, 1.82) is 10.5 Å². The zero-order valence-corrected chi connectivity index (χ0v) is 25.1. The van der Waals surface area contributed by atoms with Crippen LogP contribution in [0.25, 0.3) is 0 Å². The maximum absolute atomic E-state index is 11.8. The average Bonchev–Trinajstić information content (AvgIpc) is 3.38. The van der Waals surface area contributed by atoms with Gasteiger partial charge in [0.1, 0.15) is 5.60 Å². The van der Waals surface area contributed by atoms with Gasteiger partial charge < -0.3 is 15.2 Å². The molecule has 2 aliphatic rings. The van der Waals surface area contributed by atoms with Crippen molar-refractivity contribution < 1.29 is 19.4 Å². The van der Waals surface area contributed by atoms with E-state index < -0.39 is 23.3 Å². The predicted octanol–water partition coefficient (Wildman–Crippen LogP) is 6.66. The van der Waals surface area contributed by atoms with E-state index in [0.29, 0.717) is 46.9 Å². The molecule has 0 aliphatic heterocycles. The molecule has 0 fully saturated rings. The first-order chi connectivity index (χ1) is 18.5. The molecule has 0 radical (unpaired) electrons. The van der Waals surface area contributed by atoms with Crippen molar-refractivity contribution in [2.24, 2.45) is 0 Å². The zero-order chi connectivity index (χ0) is 30.0. The number of hydrogen-bond acceptors (Lipinski definition) is 5. The molecule has 10 heteroatoms. The molecular formula is C30H34Cl2N4O4. The molecule has 212 valence electrons. The van der Waals surface area contributed by atoms with Crippen LogP contribution < -0.4 is 5.32 Å². The Labute approximate surface area is 245 Å². The van der Waals surface area contributed by atoms with Gasteiger partial charge in [-0.15, -0.1) is 0 Å². The number of benzene rings is 2. The van der Waals surface area contributed by atoms with Crippen LogP contribution in [0.1, 0.15) is 74.9 Å². The second-order valence-electron chi connectivity index (χ2n) is 12.0. The summed E-state index contributed by atoms with van der Waals surface area (Å²) in [5, 5.41) is 31.7. The largest absolute Gasteiger partial charge is 0.465 e. The van der Waals surface area contributed by atoms with E-state index in [-0.39, 0.29) is 12.1 Å². The highest BCUT2D eigenvalue weighted by Crippen LogP contribution is 2.34. The van der Waals surface area contributed by atoms with Gasteiger partial charge in [-0.1, -0.05) is 23.2 Å². The lowest BCUT2D eigenvalue weighted by Crippen LogP contribution is -2.51. The number of halogens is 2. The van der Waals surface area contributed by atoms with Crippen LogP contribution in [0.15, 0.2) is 24.3 Å². The highest BCUT2D eigenvalue weighted by atomic mass is 35.5. The summed E-state index contributed by atoms with van der Waals surface area (Å²) in [5.41, 5.74) is 4.04. The van der Waals surface area contributed by atoms with Gasteiger partial charge in [0.15, 0.2) is 0 Å². The third-order valence-electron chi connectivity index (χ3n) is 6.68. The fraction of sp³-hybridized carbons (Fsp3) is 0.467. The van der Waals surface area contributed by atoms with E-state index in [9.17, 15) is 20.0 Å². The minimum Gasteiger partial charge on any atom is -0.465 e. The van der Waals surface area contributed by atoms with Gasteiger partial charge in [0.25, 0.3) is 0 Å². The van der Waals surface area contributed by atoms with Crippen LogP contribution in [0.2, 0.25) is 10.0 Å². The summed E-state index contributed by atoms with van der Waals surface area (Å²) in [6, 6.07) is 11.1. The molecule has 0 spiro atoms. The average molecular weight is 586 g/mol. The monoisotopic (exact) mass is 584 g/mol. The third kappa shape index (κ3) is 7.59. The topological polar surface area (TPSA) is 126 Å². The molecule has 0 saturated heterocycles. The minimum absolute atomic E-state index is 0.0505. The van der Waals surface area contributed by atoms with Crippen LogP contribution in [0.3, 0.4) is 0 Å². The number of amides is 2. The molecule has 2 amide bonds. The summed E-state index contributed by atoms with van der Waals surface area (Å²) in [7, 11) is 0. The van der Waals surface area contributed by atoms with E-state index in [1.54, 1.807) is 12.1 Å². The first-order valence-corrected chi connectivity index (χ1v) is 13.7. The number of nitriles is 2. The Morgan fingerprint density at radius 1 is 0.900 bits per heavy atom. The van der Waals surface area contributed by atoms with Crippen LogP contribution in [0.4, 0.5) is 9.59 Å². The van der Waals surface area contributed by atoms with Gasteiger partial charge in [-0.05, 0) is 114 Å². The lowest BCUT2D eigenvalue weighted by molar-refractivity contribution is 0.0506. The molecule has 0 aromatic heterocycles. The molecule has 2 aromatic carbocycles. The lowest BCUT2D eigenvalue weighted by Gasteiger charge is -2.38. The number of hydrogen-bond donors (Lipinski definition) is 2. The van der Waals surface area contributed by atoms with E-state index in [1.807, 2.05) is 53.7 Å². The Morgan fingerprint density at radius 2 is 1.40 bits per heavy atom. The van der Waals surface area contributed by atoms with Crippen LogP contribution in [0, 0.1) is 22.7 Å². The predicted molar refractivity (Wildman–Crippen MR) is 154 cm³/mol. The van der Waals surface area contributed by atoms with Gasteiger partial charge in [-0.2, -0.15) is 10.5 Å². The fourth-order valence-corrected chi connectivity index (χ4v) is 5.81. The van der Waals surface area contributed by atoms with Crippen LogP contribution in [0.5, 0.6) is 0 Å². The van der Waals surface area contributed by atoms with Crippen molar-refractivity contribution in [3.05, 3.63) is 67.7 Å². The molecule has 2 atom stereocenters. The molecule has 2 N–H and O–H groups in total. The molecule has 8 nitrogen and oxygen atoms in total. The fourth-order valence-electron chi connectivity index (χ4n) is 5.33. The summed E-state index contributed by atoms with van der Waals surface area (Å²) in [6.45, 7) is 11.1. The zero-order valence-electron chi connectivity index (χ0n) is 23.6. The Bertz CT molecular complexity index is 1390. The van der Waals surface area contributed by atoms with Crippen molar-refractivity contribution in [2.45, 2.75) is 90.4 Å². The van der Waals surface area contributed by atoms with Crippen molar-refractivity contribution in [3.8, 4) is 12.1 Å². The van der Waals surface area contributed by atoms with E-state index in [0.717, 1.165) is 22.3 Å². The van der Waals surface area contributed by atoms with Crippen molar-refractivity contribution >= 4 is 35.4 Å². The molecule has 0 bridgehead atoms. The van der Waals surface area contributed by atoms with E-state index in [4.69, 9.17) is 33.2 Å². The lowest BCUT2D eigenvalue weighted by atomic mass is 10.0. The van der Waals surface area contributed by atoms with E-state index in [2.05, 4.69) is 17.5 Å². The highest BCUT2D eigenvalue weighted by Gasteiger charge is 2.37. The Balaban J connectivity index is 0.000000220. The maximum atomic E-state index is 11.8. The van der Waals surface area contributed by atoms with Gasteiger partial charge in [0.2, 0.25) is 0 Å². The number of fused-ring (bicyclic) bond motifs is 2. The molecule has 2 aromatic rings. The minimum atomic E-state index is -0.931. The van der Waals surface area contributed by atoms with E-state index in [1.165, 1.54) is 4.90 Å². The number of carbonyl (C=O) groups excluding carboxylic acids is 1. The van der Waals surface area contributed by atoms with Crippen LogP contribution in [-0.4, -0.2) is 45.4 Å². The SMILES string of the molecule is CC(C)(C)N(C(=O)O)C1Cc2cc(Cl)cc(C#N)c2C1.CC(C)(C)OC(=O)N[C@H]1Cc2cc(Cl)cc(C#N)c2C1. The maximum Gasteiger partial charge on any atom is 0.408 e. The number of carbonyl (C=O) groups is 2. The molecule has 1 unspecified atom stereocenters. The Kier molecular flexibility index (Phi) is 9.29. The number of rotatable bonds is 2. The number of carboxylic acid groups (broad SMARTS) is 1. The van der Waals surface area contributed by atoms with Gasteiger partial charge in [0, 0.05) is 27.7 Å². The van der Waals surface area contributed by atoms with Crippen LogP contribution in [-0.2, 0) is 30.4 Å². The summed E-state index contributed by atoms with van der Waals surface area (Å²) in [4.78, 5) is 24.8. The quantitative estimate of drug-likeness (QED) is 0.406. The second kappa shape index (κ2) is 12.0. The van der Waals surface area contributed by atoms with Crippen LogP contribution >= 0.6 is 23.2 Å². The van der Waals surface area contributed by atoms with Gasteiger partial charge >= 0.3 is 12.2 Å². The normalized spacial score (nSPS) is 17.4. The molecule has 40 heavy (non-hydrogen) atoms. The van der Waals surface area contributed by atoms with Gasteiger partial charge in [-0.25, -0.2) is 9.59 Å². The van der Waals surface area contributed by atoms with Gasteiger partial charge in [-0.3, -0.25) is 4.90 Å².